The molecule has 0 aromatic heterocycles. The van der Waals surface area contributed by atoms with Gasteiger partial charge in [0.2, 0.25) is 11.8 Å². The number of nitrogens with one attached hydrogen (secondary N) is 1. The predicted octanol–water partition coefficient (Wildman–Crippen LogP) is 4.74. The van der Waals surface area contributed by atoms with Crippen molar-refractivity contribution in [1.82, 2.24) is 10.2 Å². The van der Waals surface area contributed by atoms with E-state index in [-0.39, 0.29) is 34.6 Å². The topological polar surface area (TPSA) is 130 Å². The van der Waals surface area contributed by atoms with Gasteiger partial charge in [-0.3, -0.25) is 24.0 Å². The molecule has 0 aliphatic rings. The number of carbonyl (C=O) groups excluding carboxylic acids is 2. The third-order valence-corrected chi connectivity index (χ3v) is 8.33. The van der Waals surface area contributed by atoms with Crippen molar-refractivity contribution in [3.63, 3.8) is 0 Å². The molecule has 212 valence electrons. The summed E-state index contributed by atoms with van der Waals surface area (Å²) in [5.74, 6) is -0.797. The van der Waals surface area contributed by atoms with E-state index in [4.69, 9.17) is 0 Å². The molecule has 40 heavy (non-hydrogen) atoms. The molecule has 3 aromatic carbocycles. The summed E-state index contributed by atoms with van der Waals surface area (Å²) in [6.45, 7) is 5.32. The number of hydrogen-bond donors (Lipinski definition) is 1. The smallest absolute Gasteiger partial charge is 0.269 e. The molecule has 0 saturated carbocycles. The zero-order valence-electron chi connectivity index (χ0n) is 22.4. The van der Waals surface area contributed by atoms with Crippen LogP contribution in [0.15, 0.2) is 88.2 Å². The van der Waals surface area contributed by atoms with Crippen LogP contribution in [0.1, 0.15) is 26.3 Å². The minimum Gasteiger partial charge on any atom is -0.354 e. The highest BCUT2D eigenvalue weighted by Crippen LogP contribution is 2.26. The molecule has 0 radical (unpaired) electrons. The molecule has 0 aliphatic heterocycles. The van der Waals surface area contributed by atoms with Crippen molar-refractivity contribution in [2.45, 2.75) is 38.3 Å². The first-order valence-corrected chi connectivity index (χ1v) is 14.8. The van der Waals surface area contributed by atoms with Gasteiger partial charge in [0.15, 0.2) is 0 Å². The number of halogens is 1. The lowest BCUT2D eigenvalue weighted by Gasteiger charge is -2.32. The van der Waals surface area contributed by atoms with Crippen molar-refractivity contribution in [2.75, 3.05) is 17.4 Å². The Bertz CT molecular complexity index is 1450. The van der Waals surface area contributed by atoms with E-state index in [2.05, 4.69) is 21.2 Å². The third-order valence-electron chi connectivity index (χ3n) is 6.05. The number of benzene rings is 3. The van der Waals surface area contributed by atoms with Gasteiger partial charge in [-0.15, -0.1) is 0 Å². The Balaban J connectivity index is 2.02. The second kappa shape index (κ2) is 13.5. The van der Waals surface area contributed by atoms with E-state index in [1.54, 1.807) is 37.3 Å². The summed E-state index contributed by atoms with van der Waals surface area (Å²) in [5.41, 5.74) is 0.583. The van der Waals surface area contributed by atoms with Gasteiger partial charge in [0.25, 0.3) is 15.7 Å². The quantitative estimate of drug-likeness (QED) is 0.227. The van der Waals surface area contributed by atoms with Gasteiger partial charge in [-0.2, -0.15) is 0 Å². The van der Waals surface area contributed by atoms with Crippen LogP contribution in [0.3, 0.4) is 0 Å². The maximum Gasteiger partial charge on any atom is 0.269 e. The molecule has 0 aliphatic carbocycles. The Morgan fingerprint density at radius 3 is 2.20 bits per heavy atom. The van der Waals surface area contributed by atoms with E-state index < -0.39 is 33.4 Å². The second-order valence-electron chi connectivity index (χ2n) is 9.56. The predicted molar refractivity (Wildman–Crippen MR) is 156 cm³/mol. The Kier molecular flexibility index (Phi) is 10.4. The van der Waals surface area contributed by atoms with Gasteiger partial charge in [-0.05, 0) is 54.8 Å². The fourth-order valence-corrected chi connectivity index (χ4v) is 5.74. The Morgan fingerprint density at radius 2 is 1.62 bits per heavy atom. The molecule has 10 nitrogen and oxygen atoms in total. The molecule has 3 rings (SSSR count). The normalized spacial score (nSPS) is 12.0. The summed E-state index contributed by atoms with van der Waals surface area (Å²) in [5, 5.41) is 14.0. The van der Waals surface area contributed by atoms with E-state index >= 15 is 0 Å². The largest absolute Gasteiger partial charge is 0.354 e. The fourth-order valence-electron chi connectivity index (χ4n) is 3.86. The summed E-state index contributed by atoms with van der Waals surface area (Å²) in [6.07, 6.45) is 0. The van der Waals surface area contributed by atoms with Crippen LogP contribution in [0.4, 0.5) is 11.4 Å². The Labute approximate surface area is 242 Å². The SMILES string of the molecule is CC(C)CNC(=O)[C@H](C)N(Cc1cccc(Br)c1)C(=O)CN(c1ccc([N+](=O)[O-])cc1)S(=O)(=O)c1ccccc1. The van der Waals surface area contributed by atoms with Crippen molar-refractivity contribution in [2.24, 2.45) is 5.92 Å². The first kappa shape index (κ1) is 30.8. The highest BCUT2D eigenvalue weighted by Gasteiger charge is 2.32. The Hall–Kier alpha value is -3.77. The second-order valence-corrected chi connectivity index (χ2v) is 12.3. The van der Waals surface area contributed by atoms with Crippen molar-refractivity contribution in [1.29, 1.82) is 0 Å². The van der Waals surface area contributed by atoms with Crippen LogP contribution in [0.2, 0.25) is 0 Å². The minimum atomic E-state index is -4.25. The molecule has 0 spiro atoms. The lowest BCUT2D eigenvalue weighted by atomic mass is 10.1. The lowest BCUT2D eigenvalue weighted by Crippen LogP contribution is -2.51. The van der Waals surface area contributed by atoms with Crippen LogP contribution in [0, 0.1) is 16.0 Å². The zero-order chi connectivity index (χ0) is 29.4. The van der Waals surface area contributed by atoms with Crippen LogP contribution in [-0.4, -0.2) is 49.2 Å². The number of amides is 2. The van der Waals surface area contributed by atoms with Crippen LogP contribution >= 0.6 is 15.9 Å². The number of non-ortho nitro benzene ring substituents is 1. The average molecular weight is 632 g/mol. The van der Waals surface area contributed by atoms with Crippen molar-refractivity contribution in [3.8, 4) is 0 Å². The number of nitrogens with zero attached hydrogens (tertiary/aromatic N) is 3. The molecule has 0 unspecified atom stereocenters. The molecule has 0 heterocycles. The van der Waals surface area contributed by atoms with Gasteiger partial charge >= 0.3 is 0 Å². The third kappa shape index (κ3) is 7.89. The van der Waals surface area contributed by atoms with Crippen molar-refractivity contribution >= 4 is 49.1 Å². The summed E-state index contributed by atoms with van der Waals surface area (Å²) in [4.78, 5) is 38.7. The summed E-state index contributed by atoms with van der Waals surface area (Å²) < 4.78 is 29.1. The molecular weight excluding hydrogens is 600 g/mol. The average Bonchev–Trinajstić information content (AvgIpc) is 2.93. The summed E-state index contributed by atoms with van der Waals surface area (Å²) in [6, 6.07) is 18.8. The van der Waals surface area contributed by atoms with Crippen molar-refractivity contribution < 1.29 is 22.9 Å². The molecule has 3 aromatic rings. The first-order valence-electron chi connectivity index (χ1n) is 12.5. The van der Waals surface area contributed by atoms with Gasteiger partial charge in [0, 0.05) is 29.7 Å². The number of nitro groups is 1. The van der Waals surface area contributed by atoms with Crippen LogP contribution in [0.5, 0.6) is 0 Å². The number of rotatable bonds is 12. The maximum absolute atomic E-state index is 13.9. The van der Waals surface area contributed by atoms with Crippen molar-refractivity contribution in [3.05, 3.63) is 99.0 Å². The van der Waals surface area contributed by atoms with Crippen LogP contribution < -0.4 is 9.62 Å². The van der Waals surface area contributed by atoms with E-state index in [0.29, 0.717) is 6.54 Å². The summed E-state index contributed by atoms with van der Waals surface area (Å²) in [7, 11) is -4.25. The number of carbonyl (C=O) groups is 2. The fraction of sp³-hybridized carbons (Fsp3) is 0.286. The molecule has 12 heteroatoms. The van der Waals surface area contributed by atoms with Gasteiger partial charge in [0.05, 0.1) is 15.5 Å². The first-order chi connectivity index (χ1) is 18.9. The molecule has 2 amide bonds. The number of anilines is 1. The standard InChI is InChI=1S/C28H31BrN4O6S/c1-20(2)17-30-28(35)21(3)31(18-22-8-7-9-23(29)16-22)27(34)19-32(24-12-14-25(15-13-24)33(36)37)40(38,39)26-10-5-4-6-11-26/h4-16,20-21H,17-19H2,1-3H3,(H,30,35)/t21-/m0/s1. The van der Waals surface area contributed by atoms with Gasteiger partial charge in [-0.25, -0.2) is 8.42 Å². The van der Waals surface area contributed by atoms with E-state index in [1.165, 1.54) is 41.3 Å². The molecule has 1 atom stereocenters. The molecule has 0 bridgehead atoms. The zero-order valence-corrected chi connectivity index (χ0v) is 24.8. The maximum atomic E-state index is 13.9. The minimum absolute atomic E-state index is 0.0496. The summed E-state index contributed by atoms with van der Waals surface area (Å²) >= 11 is 3.42. The molecule has 0 fully saturated rings. The highest BCUT2D eigenvalue weighted by molar-refractivity contribution is 9.10. The Morgan fingerprint density at radius 1 is 0.975 bits per heavy atom. The molecule has 0 saturated heterocycles. The monoisotopic (exact) mass is 630 g/mol. The number of sulfonamides is 1. The van der Waals surface area contributed by atoms with E-state index in [0.717, 1.165) is 14.3 Å². The van der Waals surface area contributed by atoms with Gasteiger partial charge in [-0.1, -0.05) is 60.1 Å². The number of hydrogen-bond acceptors (Lipinski definition) is 6. The van der Waals surface area contributed by atoms with E-state index in [9.17, 15) is 28.1 Å². The lowest BCUT2D eigenvalue weighted by molar-refractivity contribution is -0.384. The van der Waals surface area contributed by atoms with Gasteiger partial charge < -0.3 is 10.2 Å². The molecular formula is C28H31BrN4O6S. The molecule has 1 N–H and O–H groups in total. The van der Waals surface area contributed by atoms with Crippen LogP contribution in [-0.2, 0) is 26.2 Å². The highest BCUT2D eigenvalue weighted by atomic mass is 79.9. The van der Waals surface area contributed by atoms with Crippen LogP contribution in [0.25, 0.3) is 0 Å². The number of nitro benzene ring substituents is 1. The van der Waals surface area contributed by atoms with E-state index in [1.807, 2.05) is 26.0 Å². The van der Waals surface area contributed by atoms with Gasteiger partial charge in [0.1, 0.15) is 12.6 Å².